The molecule has 45 heavy (non-hydrogen) atoms. The zero-order valence-electron chi connectivity index (χ0n) is 25.0. The summed E-state index contributed by atoms with van der Waals surface area (Å²) in [5.74, 6) is 2.60. The number of carbonyl (C=O) groups excluding carboxylic acids is 1. The molecule has 2 atom stereocenters. The summed E-state index contributed by atoms with van der Waals surface area (Å²) in [6.07, 6.45) is -1.90. The number of ether oxygens (including phenoxy) is 2. The molecule has 3 aromatic carbocycles. The van der Waals surface area contributed by atoms with Crippen LogP contribution in [0.5, 0.6) is 11.5 Å². The maximum Gasteiger partial charge on any atom is 0.573 e. The van der Waals surface area contributed by atoms with Crippen LogP contribution < -0.4 is 14.4 Å². The first-order valence-corrected chi connectivity index (χ1v) is 15.6. The van der Waals surface area contributed by atoms with E-state index in [2.05, 4.69) is 44.6 Å². The molecule has 2 fully saturated rings. The smallest absolute Gasteiger partial charge is 0.497 e. The molecule has 2 unspecified atom stereocenters. The minimum atomic E-state index is -4.75. The Hall–Kier alpha value is -4.32. The molecule has 0 bridgehead atoms. The number of amidine groups is 1. The zero-order valence-corrected chi connectivity index (χ0v) is 25.8. The van der Waals surface area contributed by atoms with Crippen LogP contribution in [-0.4, -0.2) is 51.6 Å². The van der Waals surface area contributed by atoms with Crippen molar-refractivity contribution in [2.24, 2.45) is 10.9 Å². The van der Waals surface area contributed by atoms with Crippen molar-refractivity contribution in [1.82, 2.24) is 14.8 Å². The Balaban J connectivity index is 1.07. The SMILES string of the molecule is COc1ccc(C(C)C)c(N2CCSC2=NC(=O)CC2CC2c2ccc(-c3ncn(-c4ccc(OC(F)(F)F)cc4)n3)cc2)c1. The summed E-state index contributed by atoms with van der Waals surface area (Å²) in [5, 5.41) is 5.22. The molecule has 1 amide bonds. The Labute approximate surface area is 263 Å². The average molecular weight is 636 g/mol. The number of hydrogen-bond acceptors (Lipinski definition) is 6. The molecule has 1 saturated carbocycles. The number of alkyl halides is 3. The Morgan fingerprint density at radius 3 is 2.49 bits per heavy atom. The highest BCUT2D eigenvalue weighted by atomic mass is 32.2. The van der Waals surface area contributed by atoms with Crippen LogP contribution in [0.1, 0.15) is 49.7 Å². The number of halogens is 3. The lowest BCUT2D eigenvalue weighted by atomic mass is 10.00. The van der Waals surface area contributed by atoms with Gasteiger partial charge in [0, 0.05) is 36.0 Å². The van der Waals surface area contributed by atoms with E-state index in [0.717, 1.165) is 46.4 Å². The third kappa shape index (κ3) is 7.16. The molecule has 8 nitrogen and oxygen atoms in total. The number of amides is 1. The highest BCUT2D eigenvalue weighted by Crippen LogP contribution is 2.50. The van der Waals surface area contributed by atoms with Crippen LogP contribution in [0.15, 0.2) is 78.0 Å². The van der Waals surface area contributed by atoms with Crippen molar-refractivity contribution in [2.75, 3.05) is 24.3 Å². The van der Waals surface area contributed by atoms with Crippen LogP contribution in [0.4, 0.5) is 18.9 Å². The second kappa shape index (κ2) is 12.6. The predicted molar refractivity (Wildman–Crippen MR) is 168 cm³/mol. The standard InChI is InChI=1S/C33H32F3N5O3S/c1-20(2)27-13-12-26(43-3)18-29(27)40-14-15-45-32(40)38-30(42)17-23-16-28(23)21-4-6-22(7-5-21)31-37-19-41(39-31)24-8-10-25(11-9-24)44-33(34,35)36/h4-13,18-20,23,28H,14-17H2,1-3H3. The molecule has 4 aromatic rings. The average Bonchev–Trinajstić information content (AvgIpc) is 3.36. The van der Waals surface area contributed by atoms with Crippen LogP contribution in [0.3, 0.4) is 0 Å². The third-order valence-electron chi connectivity index (χ3n) is 7.93. The van der Waals surface area contributed by atoms with Crippen molar-refractivity contribution >= 4 is 28.5 Å². The lowest BCUT2D eigenvalue weighted by Crippen LogP contribution is -2.26. The van der Waals surface area contributed by atoms with Crippen LogP contribution in [0.25, 0.3) is 17.1 Å². The first-order chi connectivity index (χ1) is 21.6. The topological polar surface area (TPSA) is 81.8 Å². The van der Waals surface area contributed by atoms with Gasteiger partial charge < -0.3 is 14.4 Å². The fourth-order valence-corrected chi connectivity index (χ4v) is 6.52. The molecule has 0 spiro atoms. The molecule has 1 aromatic heterocycles. The Bertz CT molecular complexity index is 1700. The van der Waals surface area contributed by atoms with E-state index >= 15 is 0 Å². The zero-order chi connectivity index (χ0) is 31.7. The van der Waals surface area contributed by atoms with E-state index < -0.39 is 6.36 Å². The summed E-state index contributed by atoms with van der Waals surface area (Å²) in [5.41, 5.74) is 4.75. The van der Waals surface area contributed by atoms with Crippen molar-refractivity contribution in [1.29, 1.82) is 0 Å². The fraction of sp³-hybridized carbons (Fsp3) is 0.333. The Morgan fingerprint density at radius 1 is 1.07 bits per heavy atom. The van der Waals surface area contributed by atoms with Crippen molar-refractivity contribution in [3.05, 3.63) is 84.2 Å². The molecule has 1 aliphatic heterocycles. The van der Waals surface area contributed by atoms with E-state index in [4.69, 9.17) is 4.74 Å². The van der Waals surface area contributed by atoms with E-state index in [9.17, 15) is 18.0 Å². The molecule has 0 N–H and O–H groups in total. The van der Waals surface area contributed by atoms with Crippen molar-refractivity contribution in [3.63, 3.8) is 0 Å². The largest absolute Gasteiger partial charge is 0.573 e. The highest BCUT2D eigenvalue weighted by molar-refractivity contribution is 8.14. The van der Waals surface area contributed by atoms with E-state index in [1.165, 1.54) is 40.8 Å². The van der Waals surface area contributed by atoms with Crippen LogP contribution >= 0.6 is 11.8 Å². The number of hydrogen-bond donors (Lipinski definition) is 0. The number of thioether (sulfide) groups is 1. The molecule has 234 valence electrons. The molecule has 2 heterocycles. The second-order valence-corrected chi connectivity index (χ2v) is 12.4. The van der Waals surface area contributed by atoms with Gasteiger partial charge in [0.15, 0.2) is 11.0 Å². The van der Waals surface area contributed by atoms with Crippen LogP contribution in [-0.2, 0) is 4.79 Å². The summed E-state index contributed by atoms with van der Waals surface area (Å²) in [6, 6.07) is 19.4. The lowest BCUT2D eigenvalue weighted by molar-refractivity contribution is -0.274. The van der Waals surface area contributed by atoms with E-state index in [1.54, 1.807) is 18.9 Å². The van der Waals surface area contributed by atoms with E-state index in [1.807, 2.05) is 36.4 Å². The van der Waals surface area contributed by atoms with Crippen LogP contribution in [0, 0.1) is 5.92 Å². The van der Waals surface area contributed by atoms with Crippen molar-refractivity contribution in [2.45, 2.75) is 44.9 Å². The Kier molecular flexibility index (Phi) is 8.59. The van der Waals surface area contributed by atoms with Gasteiger partial charge in [-0.2, -0.15) is 4.99 Å². The van der Waals surface area contributed by atoms with Gasteiger partial charge in [0.2, 0.25) is 5.91 Å². The molecule has 12 heteroatoms. The molecule has 0 radical (unpaired) electrons. The monoisotopic (exact) mass is 635 g/mol. The highest BCUT2D eigenvalue weighted by Gasteiger charge is 2.40. The summed E-state index contributed by atoms with van der Waals surface area (Å²) in [4.78, 5) is 24.1. The van der Waals surface area contributed by atoms with Gasteiger partial charge >= 0.3 is 6.36 Å². The Morgan fingerprint density at radius 2 is 1.80 bits per heavy atom. The summed E-state index contributed by atoms with van der Waals surface area (Å²) in [7, 11) is 1.65. The number of aliphatic imine (C=N–C) groups is 1. The minimum absolute atomic E-state index is 0.102. The summed E-state index contributed by atoms with van der Waals surface area (Å²) < 4.78 is 48.2. The maximum absolute atomic E-state index is 13.1. The number of benzene rings is 3. The molecule has 1 aliphatic carbocycles. The molecule has 1 saturated heterocycles. The normalized spacial score (nSPS) is 18.9. The van der Waals surface area contributed by atoms with Gasteiger partial charge in [-0.05, 0) is 65.6 Å². The number of methoxy groups -OCH3 is 1. The van der Waals surface area contributed by atoms with Gasteiger partial charge in [-0.3, -0.25) is 4.79 Å². The predicted octanol–water partition coefficient (Wildman–Crippen LogP) is 7.59. The fourth-order valence-electron chi connectivity index (χ4n) is 5.55. The maximum atomic E-state index is 13.1. The lowest BCUT2D eigenvalue weighted by Gasteiger charge is -2.23. The van der Waals surface area contributed by atoms with Crippen molar-refractivity contribution < 1.29 is 27.4 Å². The molecular weight excluding hydrogens is 603 g/mol. The van der Waals surface area contributed by atoms with Gasteiger partial charge in [0.1, 0.15) is 17.8 Å². The van der Waals surface area contributed by atoms with Gasteiger partial charge in [-0.15, -0.1) is 18.3 Å². The minimum Gasteiger partial charge on any atom is -0.497 e. The summed E-state index contributed by atoms with van der Waals surface area (Å²) >= 11 is 1.61. The number of anilines is 1. The molecular formula is C33H32F3N5O3S. The van der Waals surface area contributed by atoms with E-state index in [-0.39, 0.29) is 17.6 Å². The molecule has 2 aliphatic rings. The molecule has 6 rings (SSSR count). The van der Waals surface area contributed by atoms with Gasteiger partial charge in [-0.25, -0.2) is 9.67 Å². The number of nitrogens with zero attached hydrogens (tertiary/aromatic N) is 5. The number of aromatic nitrogens is 3. The number of carbonyl (C=O) groups is 1. The van der Waals surface area contributed by atoms with Crippen molar-refractivity contribution in [3.8, 4) is 28.6 Å². The second-order valence-electron chi connectivity index (χ2n) is 11.4. The first kappa shape index (κ1) is 30.7. The van der Waals surface area contributed by atoms with E-state index in [0.29, 0.717) is 29.8 Å². The van der Waals surface area contributed by atoms with Gasteiger partial charge in [0.25, 0.3) is 0 Å². The van der Waals surface area contributed by atoms with Gasteiger partial charge in [0.05, 0.1) is 12.8 Å². The van der Waals surface area contributed by atoms with Gasteiger partial charge in [-0.1, -0.05) is 55.9 Å². The number of rotatable bonds is 9. The quantitative estimate of drug-likeness (QED) is 0.187. The third-order valence-corrected chi connectivity index (χ3v) is 8.89. The first-order valence-electron chi connectivity index (χ1n) is 14.7. The van der Waals surface area contributed by atoms with Crippen LogP contribution in [0.2, 0.25) is 0 Å². The summed E-state index contributed by atoms with van der Waals surface area (Å²) in [6.45, 7) is 5.10.